The highest BCUT2D eigenvalue weighted by molar-refractivity contribution is 6.05. The van der Waals surface area contributed by atoms with E-state index in [0.717, 1.165) is 5.56 Å². The van der Waals surface area contributed by atoms with Crippen LogP contribution in [0.5, 0.6) is 5.75 Å². The number of rotatable bonds is 3. The lowest BCUT2D eigenvalue weighted by atomic mass is 10.1. The molecule has 0 saturated heterocycles. The third-order valence-corrected chi connectivity index (χ3v) is 2.85. The Morgan fingerprint density at radius 2 is 1.90 bits per heavy atom. The molecule has 106 valence electrons. The molecule has 0 aliphatic heterocycles. The van der Waals surface area contributed by atoms with Gasteiger partial charge < -0.3 is 15.8 Å². The molecule has 4 nitrogen and oxygen atoms in total. The first-order valence-electron chi connectivity index (χ1n) is 6.48. The van der Waals surface area contributed by atoms with Gasteiger partial charge in [0.05, 0.1) is 19.3 Å². The number of methoxy groups -OCH3 is 1. The van der Waals surface area contributed by atoms with E-state index in [1.165, 1.54) is 0 Å². The van der Waals surface area contributed by atoms with E-state index in [1.807, 2.05) is 24.3 Å². The molecule has 0 radical (unpaired) electrons. The minimum atomic E-state index is -0.195. The molecule has 1 amide bonds. The molecule has 0 saturated carbocycles. The first kappa shape index (κ1) is 14.6. The minimum absolute atomic E-state index is 0.195. The minimum Gasteiger partial charge on any atom is -0.497 e. The SMILES string of the molecule is COc1ccc(C(=O)Nc2ccccc2C#CCN)cc1. The van der Waals surface area contributed by atoms with Crippen molar-refractivity contribution in [2.24, 2.45) is 5.73 Å². The highest BCUT2D eigenvalue weighted by atomic mass is 16.5. The fourth-order valence-electron chi connectivity index (χ4n) is 1.78. The van der Waals surface area contributed by atoms with Gasteiger partial charge in [0.15, 0.2) is 0 Å². The Kier molecular flexibility index (Phi) is 4.97. The lowest BCUT2D eigenvalue weighted by Crippen LogP contribution is -2.12. The van der Waals surface area contributed by atoms with Crippen LogP contribution in [0.1, 0.15) is 15.9 Å². The molecule has 2 aromatic carbocycles. The molecular formula is C17H16N2O2. The Morgan fingerprint density at radius 3 is 2.57 bits per heavy atom. The molecule has 0 spiro atoms. The van der Waals surface area contributed by atoms with Crippen LogP contribution < -0.4 is 15.8 Å². The number of nitrogens with one attached hydrogen (secondary N) is 1. The third kappa shape index (κ3) is 3.85. The lowest BCUT2D eigenvalue weighted by molar-refractivity contribution is 0.102. The molecule has 0 aliphatic carbocycles. The maximum absolute atomic E-state index is 12.2. The summed E-state index contributed by atoms with van der Waals surface area (Å²) >= 11 is 0. The number of nitrogens with two attached hydrogens (primary N) is 1. The van der Waals surface area contributed by atoms with E-state index < -0.39 is 0 Å². The van der Waals surface area contributed by atoms with E-state index in [4.69, 9.17) is 10.5 Å². The van der Waals surface area contributed by atoms with Crippen LogP contribution >= 0.6 is 0 Å². The smallest absolute Gasteiger partial charge is 0.255 e. The molecule has 2 aromatic rings. The zero-order valence-electron chi connectivity index (χ0n) is 11.7. The van der Waals surface area contributed by atoms with Crippen LogP contribution in [0.2, 0.25) is 0 Å². The van der Waals surface area contributed by atoms with Crippen LogP contribution in [-0.4, -0.2) is 19.6 Å². The van der Waals surface area contributed by atoms with Crippen LogP contribution in [-0.2, 0) is 0 Å². The van der Waals surface area contributed by atoms with Gasteiger partial charge in [0.25, 0.3) is 5.91 Å². The average Bonchev–Trinajstić information content (AvgIpc) is 2.54. The zero-order chi connectivity index (χ0) is 15.1. The zero-order valence-corrected chi connectivity index (χ0v) is 11.7. The van der Waals surface area contributed by atoms with Gasteiger partial charge in [-0.1, -0.05) is 24.0 Å². The number of benzene rings is 2. The van der Waals surface area contributed by atoms with Gasteiger partial charge in [0.1, 0.15) is 5.75 Å². The third-order valence-electron chi connectivity index (χ3n) is 2.85. The Morgan fingerprint density at radius 1 is 1.19 bits per heavy atom. The summed E-state index contributed by atoms with van der Waals surface area (Å²) in [6.45, 7) is 0.279. The number of para-hydroxylation sites is 1. The fourth-order valence-corrected chi connectivity index (χ4v) is 1.78. The predicted octanol–water partition coefficient (Wildman–Crippen LogP) is 2.26. The fraction of sp³-hybridized carbons (Fsp3) is 0.118. The Labute approximate surface area is 123 Å². The summed E-state index contributed by atoms with van der Waals surface area (Å²) in [4.78, 5) is 12.2. The summed E-state index contributed by atoms with van der Waals surface area (Å²) in [5.74, 6) is 6.24. The molecule has 2 rings (SSSR count). The van der Waals surface area contributed by atoms with Crippen LogP contribution in [0, 0.1) is 11.8 Å². The number of anilines is 1. The number of carbonyl (C=O) groups excluding carboxylic acids is 1. The normalized spacial score (nSPS) is 9.43. The summed E-state index contributed by atoms with van der Waals surface area (Å²) in [5.41, 5.74) is 7.33. The summed E-state index contributed by atoms with van der Waals surface area (Å²) in [6, 6.07) is 14.3. The van der Waals surface area contributed by atoms with Gasteiger partial charge in [-0.2, -0.15) is 0 Å². The van der Waals surface area contributed by atoms with Crippen LogP contribution in [0.4, 0.5) is 5.69 Å². The monoisotopic (exact) mass is 280 g/mol. The number of ether oxygens (including phenoxy) is 1. The van der Waals surface area contributed by atoms with Gasteiger partial charge in [0, 0.05) is 11.1 Å². The van der Waals surface area contributed by atoms with E-state index in [9.17, 15) is 4.79 Å². The largest absolute Gasteiger partial charge is 0.497 e. The van der Waals surface area contributed by atoms with Gasteiger partial charge in [-0.15, -0.1) is 0 Å². The van der Waals surface area contributed by atoms with E-state index in [-0.39, 0.29) is 12.5 Å². The van der Waals surface area contributed by atoms with E-state index >= 15 is 0 Å². The molecule has 21 heavy (non-hydrogen) atoms. The maximum atomic E-state index is 12.2. The second kappa shape index (κ2) is 7.13. The van der Waals surface area contributed by atoms with Crippen molar-refractivity contribution in [3.63, 3.8) is 0 Å². The highest BCUT2D eigenvalue weighted by Crippen LogP contribution is 2.16. The van der Waals surface area contributed by atoms with Crippen LogP contribution in [0.3, 0.4) is 0 Å². The second-order valence-corrected chi connectivity index (χ2v) is 4.23. The standard InChI is InChI=1S/C17H16N2O2/c1-21-15-10-8-14(9-11-15)17(20)19-16-7-3-2-5-13(16)6-4-12-18/h2-3,5,7-11H,12,18H2,1H3,(H,19,20). The van der Waals surface area contributed by atoms with Crippen molar-refractivity contribution < 1.29 is 9.53 Å². The van der Waals surface area contributed by atoms with Crippen molar-refractivity contribution in [1.29, 1.82) is 0 Å². The van der Waals surface area contributed by atoms with Crippen LogP contribution in [0.15, 0.2) is 48.5 Å². The molecule has 0 fully saturated rings. The Hall–Kier alpha value is -2.77. The lowest BCUT2D eigenvalue weighted by Gasteiger charge is -2.08. The van der Waals surface area contributed by atoms with Gasteiger partial charge in [-0.3, -0.25) is 4.79 Å². The summed E-state index contributed by atoms with van der Waals surface area (Å²) in [7, 11) is 1.58. The van der Waals surface area contributed by atoms with Crippen LogP contribution in [0.25, 0.3) is 0 Å². The molecule has 0 bridgehead atoms. The quantitative estimate of drug-likeness (QED) is 0.848. The van der Waals surface area contributed by atoms with Crippen molar-refractivity contribution in [2.45, 2.75) is 0 Å². The molecule has 0 aromatic heterocycles. The van der Waals surface area contributed by atoms with Crippen molar-refractivity contribution in [3.8, 4) is 17.6 Å². The van der Waals surface area contributed by atoms with Gasteiger partial charge in [0.2, 0.25) is 0 Å². The van der Waals surface area contributed by atoms with E-state index in [1.54, 1.807) is 31.4 Å². The Balaban J connectivity index is 2.19. The van der Waals surface area contributed by atoms with E-state index in [0.29, 0.717) is 17.0 Å². The summed E-state index contributed by atoms with van der Waals surface area (Å²) in [6.07, 6.45) is 0. The summed E-state index contributed by atoms with van der Waals surface area (Å²) in [5, 5.41) is 2.85. The van der Waals surface area contributed by atoms with E-state index in [2.05, 4.69) is 17.2 Å². The average molecular weight is 280 g/mol. The van der Waals surface area contributed by atoms with Gasteiger partial charge in [-0.05, 0) is 36.4 Å². The number of amides is 1. The first-order chi connectivity index (χ1) is 10.2. The van der Waals surface area contributed by atoms with Gasteiger partial charge >= 0.3 is 0 Å². The van der Waals surface area contributed by atoms with Crippen molar-refractivity contribution in [2.75, 3.05) is 19.0 Å². The molecule has 0 unspecified atom stereocenters. The number of hydrogen-bond acceptors (Lipinski definition) is 3. The molecule has 4 heteroatoms. The molecular weight excluding hydrogens is 264 g/mol. The number of carbonyl (C=O) groups is 1. The highest BCUT2D eigenvalue weighted by Gasteiger charge is 2.08. The Bertz CT molecular complexity index is 682. The maximum Gasteiger partial charge on any atom is 0.255 e. The predicted molar refractivity (Wildman–Crippen MR) is 83.3 cm³/mol. The van der Waals surface area contributed by atoms with Crippen molar-refractivity contribution >= 4 is 11.6 Å². The first-order valence-corrected chi connectivity index (χ1v) is 6.48. The number of hydrogen-bond donors (Lipinski definition) is 2. The summed E-state index contributed by atoms with van der Waals surface area (Å²) < 4.78 is 5.07. The molecule has 3 N–H and O–H groups in total. The second-order valence-electron chi connectivity index (χ2n) is 4.23. The molecule has 0 atom stereocenters. The molecule has 0 aliphatic rings. The van der Waals surface area contributed by atoms with Crippen molar-refractivity contribution in [1.82, 2.24) is 0 Å². The topological polar surface area (TPSA) is 64.3 Å². The van der Waals surface area contributed by atoms with Crippen molar-refractivity contribution in [3.05, 3.63) is 59.7 Å². The van der Waals surface area contributed by atoms with Gasteiger partial charge in [-0.25, -0.2) is 0 Å². The molecule has 0 heterocycles.